The van der Waals surface area contributed by atoms with Crippen LogP contribution < -0.4 is 15.4 Å². The lowest BCUT2D eigenvalue weighted by Crippen LogP contribution is -2.46. The lowest BCUT2D eigenvalue weighted by atomic mass is 10.1. The number of amides is 3. The quantitative estimate of drug-likeness (QED) is 0.535. The van der Waals surface area contributed by atoms with Crippen molar-refractivity contribution >= 4 is 41.1 Å². The standard InChI is InChI=1S/C21H29Cl2N3O5/c1-3-30-21(29)26-12-9-15(10-13-26)25-18(27)8-5-11-24-20(28)14(2)31-17-7-4-6-16(22)19(17)23/h4,6-7,14-15H,3,5,8-13H2,1-2H3,(H,24,28)(H,25,27). The second kappa shape index (κ2) is 12.6. The number of ether oxygens (including phenoxy) is 2. The molecule has 2 rings (SSSR count). The molecule has 1 fully saturated rings. The lowest BCUT2D eigenvalue weighted by Gasteiger charge is -2.31. The Kier molecular flexibility index (Phi) is 10.2. The number of piperidine rings is 1. The number of nitrogens with one attached hydrogen (secondary N) is 2. The molecule has 0 aromatic heterocycles. The van der Waals surface area contributed by atoms with Crippen LogP contribution in [0.5, 0.6) is 5.75 Å². The summed E-state index contributed by atoms with van der Waals surface area (Å²) in [6.07, 6.45) is 1.13. The predicted molar refractivity (Wildman–Crippen MR) is 119 cm³/mol. The molecule has 0 radical (unpaired) electrons. The molecule has 1 atom stereocenters. The number of benzene rings is 1. The van der Waals surface area contributed by atoms with Crippen LogP contribution >= 0.6 is 23.2 Å². The predicted octanol–water partition coefficient (Wildman–Crippen LogP) is 3.39. The summed E-state index contributed by atoms with van der Waals surface area (Å²) in [5.74, 6) is -0.0353. The Bertz CT molecular complexity index is 769. The molecule has 0 spiro atoms. The zero-order valence-electron chi connectivity index (χ0n) is 17.8. The highest BCUT2D eigenvalue weighted by molar-refractivity contribution is 6.42. The number of carbonyl (C=O) groups excluding carboxylic acids is 3. The Morgan fingerprint density at radius 2 is 1.94 bits per heavy atom. The fourth-order valence-electron chi connectivity index (χ4n) is 3.14. The molecular weight excluding hydrogens is 445 g/mol. The molecule has 31 heavy (non-hydrogen) atoms. The van der Waals surface area contributed by atoms with E-state index >= 15 is 0 Å². The minimum absolute atomic E-state index is 0.0450. The molecule has 8 nitrogen and oxygen atoms in total. The van der Waals surface area contributed by atoms with Gasteiger partial charge in [-0.1, -0.05) is 29.3 Å². The molecule has 172 valence electrons. The Labute approximate surface area is 192 Å². The van der Waals surface area contributed by atoms with Gasteiger partial charge in [-0.25, -0.2) is 4.79 Å². The molecule has 0 aliphatic carbocycles. The van der Waals surface area contributed by atoms with E-state index in [0.717, 1.165) is 0 Å². The van der Waals surface area contributed by atoms with Gasteiger partial charge in [0, 0.05) is 32.1 Å². The van der Waals surface area contributed by atoms with Crippen LogP contribution in [0.3, 0.4) is 0 Å². The van der Waals surface area contributed by atoms with Crippen molar-refractivity contribution in [1.82, 2.24) is 15.5 Å². The summed E-state index contributed by atoms with van der Waals surface area (Å²) in [6.45, 7) is 5.22. The highest BCUT2D eigenvalue weighted by Gasteiger charge is 2.24. The van der Waals surface area contributed by atoms with Gasteiger partial charge in [0.15, 0.2) is 6.10 Å². The molecule has 1 heterocycles. The Morgan fingerprint density at radius 1 is 1.23 bits per heavy atom. The van der Waals surface area contributed by atoms with Gasteiger partial charge in [0.1, 0.15) is 10.8 Å². The zero-order chi connectivity index (χ0) is 22.8. The number of rotatable bonds is 9. The van der Waals surface area contributed by atoms with Gasteiger partial charge in [-0.15, -0.1) is 0 Å². The minimum Gasteiger partial charge on any atom is -0.479 e. The van der Waals surface area contributed by atoms with Gasteiger partial charge in [0.25, 0.3) is 5.91 Å². The first kappa shape index (κ1) is 25.1. The number of likely N-dealkylation sites (tertiary alicyclic amines) is 1. The average molecular weight is 474 g/mol. The fourth-order valence-corrected chi connectivity index (χ4v) is 3.48. The van der Waals surface area contributed by atoms with Gasteiger partial charge in [-0.05, 0) is 45.2 Å². The topological polar surface area (TPSA) is 97.0 Å². The van der Waals surface area contributed by atoms with E-state index in [4.69, 9.17) is 32.7 Å². The molecule has 1 aromatic rings. The smallest absolute Gasteiger partial charge is 0.409 e. The highest BCUT2D eigenvalue weighted by atomic mass is 35.5. The van der Waals surface area contributed by atoms with Gasteiger partial charge >= 0.3 is 6.09 Å². The zero-order valence-corrected chi connectivity index (χ0v) is 19.3. The van der Waals surface area contributed by atoms with E-state index in [-0.39, 0.29) is 29.0 Å². The summed E-state index contributed by atoms with van der Waals surface area (Å²) < 4.78 is 10.5. The van der Waals surface area contributed by atoms with Crippen LogP contribution in [-0.2, 0) is 14.3 Å². The molecule has 1 unspecified atom stereocenters. The summed E-state index contributed by atoms with van der Waals surface area (Å²) in [5.41, 5.74) is 0. The molecule has 1 aliphatic heterocycles. The van der Waals surface area contributed by atoms with E-state index in [9.17, 15) is 14.4 Å². The fraction of sp³-hybridized carbons (Fsp3) is 0.571. The van der Waals surface area contributed by atoms with E-state index in [1.165, 1.54) is 0 Å². The van der Waals surface area contributed by atoms with Crippen LogP contribution in [0.1, 0.15) is 39.5 Å². The van der Waals surface area contributed by atoms with E-state index in [1.807, 2.05) is 0 Å². The van der Waals surface area contributed by atoms with Crippen molar-refractivity contribution in [2.24, 2.45) is 0 Å². The summed E-state index contributed by atoms with van der Waals surface area (Å²) >= 11 is 12.0. The number of nitrogens with zero attached hydrogens (tertiary/aromatic N) is 1. The Morgan fingerprint density at radius 3 is 2.61 bits per heavy atom. The normalized spacial score (nSPS) is 15.2. The molecular formula is C21H29Cl2N3O5. The molecule has 3 amide bonds. The molecule has 1 saturated heterocycles. The molecule has 0 saturated carbocycles. The van der Waals surface area contributed by atoms with Crippen LogP contribution in [0.2, 0.25) is 10.0 Å². The van der Waals surface area contributed by atoms with Crippen molar-refractivity contribution in [3.8, 4) is 5.75 Å². The first-order valence-corrected chi connectivity index (χ1v) is 11.2. The van der Waals surface area contributed by atoms with Gasteiger partial charge in [-0.3, -0.25) is 9.59 Å². The lowest BCUT2D eigenvalue weighted by molar-refractivity contribution is -0.127. The van der Waals surface area contributed by atoms with Crippen LogP contribution in [0.15, 0.2) is 18.2 Å². The maximum Gasteiger partial charge on any atom is 0.409 e. The third-order valence-corrected chi connectivity index (χ3v) is 5.66. The maximum atomic E-state index is 12.2. The van der Waals surface area contributed by atoms with Crippen molar-refractivity contribution < 1.29 is 23.9 Å². The van der Waals surface area contributed by atoms with Gasteiger partial charge < -0.3 is 25.0 Å². The second-order valence-electron chi connectivity index (χ2n) is 7.23. The van der Waals surface area contributed by atoms with Crippen molar-refractivity contribution in [3.63, 3.8) is 0 Å². The SMILES string of the molecule is CCOC(=O)N1CCC(NC(=O)CCCNC(=O)C(C)Oc2cccc(Cl)c2Cl)CC1. The molecule has 1 aliphatic rings. The highest BCUT2D eigenvalue weighted by Crippen LogP contribution is 2.32. The monoisotopic (exact) mass is 473 g/mol. The Hall–Kier alpha value is -2.19. The van der Waals surface area contributed by atoms with Gasteiger partial charge in [-0.2, -0.15) is 0 Å². The van der Waals surface area contributed by atoms with E-state index < -0.39 is 6.10 Å². The first-order chi connectivity index (χ1) is 14.8. The van der Waals surface area contributed by atoms with Gasteiger partial charge in [0.2, 0.25) is 5.91 Å². The Balaban J connectivity index is 1.61. The number of hydrogen-bond acceptors (Lipinski definition) is 5. The third kappa shape index (κ3) is 8.10. The summed E-state index contributed by atoms with van der Waals surface area (Å²) in [7, 11) is 0. The molecule has 10 heteroatoms. The van der Waals surface area contributed by atoms with Crippen molar-refractivity contribution in [2.75, 3.05) is 26.2 Å². The van der Waals surface area contributed by atoms with Crippen LogP contribution in [0, 0.1) is 0 Å². The molecule has 1 aromatic carbocycles. The minimum atomic E-state index is -0.755. The first-order valence-electron chi connectivity index (χ1n) is 10.4. The van der Waals surface area contributed by atoms with Crippen LogP contribution in [0.4, 0.5) is 4.79 Å². The van der Waals surface area contributed by atoms with Crippen LogP contribution in [0.25, 0.3) is 0 Å². The number of carbonyl (C=O) groups is 3. The average Bonchev–Trinajstić information content (AvgIpc) is 2.75. The van der Waals surface area contributed by atoms with E-state index in [1.54, 1.807) is 36.9 Å². The maximum absolute atomic E-state index is 12.2. The van der Waals surface area contributed by atoms with Crippen molar-refractivity contribution in [1.29, 1.82) is 0 Å². The van der Waals surface area contributed by atoms with Crippen molar-refractivity contribution in [2.45, 2.75) is 51.7 Å². The number of halogens is 2. The largest absolute Gasteiger partial charge is 0.479 e. The third-order valence-electron chi connectivity index (χ3n) is 4.86. The van der Waals surface area contributed by atoms with Gasteiger partial charge in [0.05, 0.1) is 11.6 Å². The summed E-state index contributed by atoms with van der Waals surface area (Å²) in [6, 6.07) is 5.01. The van der Waals surface area contributed by atoms with Crippen molar-refractivity contribution in [3.05, 3.63) is 28.2 Å². The van der Waals surface area contributed by atoms with Crippen LogP contribution in [-0.4, -0.2) is 61.2 Å². The molecule has 2 N–H and O–H groups in total. The summed E-state index contributed by atoms with van der Waals surface area (Å²) in [4.78, 5) is 37.7. The van der Waals surface area contributed by atoms with E-state index in [0.29, 0.717) is 62.7 Å². The molecule has 0 bridgehead atoms. The second-order valence-corrected chi connectivity index (χ2v) is 8.02. The number of hydrogen-bond donors (Lipinski definition) is 2. The summed E-state index contributed by atoms with van der Waals surface area (Å²) in [5, 5.41) is 6.34. The van der Waals surface area contributed by atoms with E-state index in [2.05, 4.69) is 10.6 Å².